The Labute approximate surface area is 101 Å². The van der Waals surface area contributed by atoms with E-state index in [4.69, 9.17) is 4.74 Å². The summed E-state index contributed by atoms with van der Waals surface area (Å²) in [6.45, 7) is 3.05. The van der Waals surface area contributed by atoms with E-state index in [1.807, 2.05) is 11.3 Å². The molecule has 0 aliphatic rings. The van der Waals surface area contributed by atoms with Crippen molar-refractivity contribution < 1.29 is 4.74 Å². The van der Waals surface area contributed by atoms with Crippen molar-refractivity contribution in [2.75, 3.05) is 6.61 Å². The van der Waals surface area contributed by atoms with Crippen molar-refractivity contribution in [3.63, 3.8) is 0 Å². The Balaban J connectivity index is 2.13. The zero-order valence-electron chi connectivity index (χ0n) is 9.61. The Morgan fingerprint density at radius 1 is 1.38 bits per heavy atom. The predicted molar refractivity (Wildman–Crippen MR) is 70.8 cm³/mol. The third-order valence-corrected chi connectivity index (χ3v) is 3.95. The summed E-state index contributed by atoms with van der Waals surface area (Å²) in [5, 5.41) is 3.70. The molecule has 1 nitrogen and oxygen atoms in total. The molecule has 2 rings (SSSR count). The summed E-state index contributed by atoms with van der Waals surface area (Å²) in [7, 11) is 3.40. The molecule has 1 heterocycles. The number of hydrogen-bond donors (Lipinski definition) is 0. The van der Waals surface area contributed by atoms with Gasteiger partial charge in [0.1, 0.15) is 0 Å². The van der Waals surface area contributed by atoms with Gasteiger partial charge < -0.3 is 4.74 Å². The molecule has 0 amide bonds. The first-order chi connectivity index (χ1) is 7.83. The van der Waals surface area contributed by atoms with E-state index in [0.717, 1.165) is 19.4 Å². The first-order valence-corrected chi connectivity index (χ1v) is 6.54. The summed E-state index contributed by atoms with van der Waals surface area (Å²) in [5.41, 5.74) is 1.48. The summed E-state index contributed by atoms with van der Waals surface area (Å²) >= 11 is 1.84. The van der Waals surface area contributed by atoms with Crippen LogP contribution in [0.1, 0.15) is 31.2 Å². The maximum absolute atomic E-state index is 4.85. The van der Waals surface area contributed by atoms with Gasteiger partial charge in [-0.25, -0.2) is 0 Å². The molecule has 1 unspecified atom stereocenters. The Bertz CT molecular complexity index is 447. The minimum Gasteiger partial charge on any atom is -0.379 e. The molecule has 0 N–H and O–H groups in total. The highest BCUT2D eigenvalue weighted by Gasteiger charge is 2.10. The Morgan fingerprint density at radius 2 is 2.19 bits per heavy atom. The molecule has 2 aromatic rings. The lowest BCUT2D eigenvalue weighted by Gasteiger charge is -2.10. The van der Waals surface area contributed by atoms with Gasteiger partial charge in [-0.1, -0.05) is 25.1 Å². The second kappa shape index (κ2) is 5.46. The summed E-state index contributed by atoms with van der Waals surface area (Å²) < 4.78 is 6.24. The lowest BCUT2D eigenvalue weighted by Crippen LogP contribution is -1.95. The van der Waals surface area contributed by atoms with Gasteiger partial charge in [0.2, 0.25) is 0 Å². The van der Waals surface area contributed by atoms with Crippen molar-refractivity contribution in [2.24, 2.45) is 0 Å². The van der Waals surface area contributed by atoms with Crippen molar-refractivity contribution >= 4 is 21.4 Å². The van der Waals surface area contributed by atoms with E-state index >= 15 is 0 Å². The van der Waals surface area contributed by atoms with Crippen molar-refractivity contribution in [1.29, 1.82) is 0 Å². The third-order valence-electron chi connectivity index (χ3n) is 2.97. The molecule has 0 fully saturated rings. The number of ether oxygens (including phenoxy) is 1. The van der Waals surface area contributed by atoms with E-state index in [-0.39, 0.29) is 0 Å². The van der Waals surface area contributed by atoms with Crippen LogP contribution in [0.4, 0.5) is 0 Å². The molecule has 1 radical (unpaired) electrons. The van der Waals surface area contributed by atoms with Crippen LogP contribution < -0.4 is 0 Å². The van der Waals surface area contributed by atoms with E-state index in [0.29, 0.717) is 5.92 Å². The van der Waals surface area contributed by atoms with Crippen molar-refractivity contribution in [1.82, 2.24) is 0 Å². The number of thiophene rings is 1. The van der Waals surface area contributed by atoms with E-state index < -0.39 is 0 Å². The lowest BCUT2D eigenvalue weighted by molar-refractivity contribution is 0.232. The Morgan fingerprint density at radius 3 is 3.00 bits per heavy atom. The van der Waals surface area contributed by atoms with Gasteiger partial charge in [0, 0.05) is 11.3 Å². The molecule has 0 aliphatic carbocycles. The van der Waals surface area contributed by atoms with Crippen LogP contribution in [0.5, 0.6) is 0 Å². The average Bonchev–Trinajstić information content (AvgIpc) is 2.73. The van der Waals surface area contributed by atoms with Crippen molar-refractivity contribution in [3.05, 3.63) is 42.3 Å². The number of rotatable bonds is 5. The SMILES string of the molecule is [CH2]OCCCC(C)c1csc2ccccc12. The van der Waals surface area contributed by atoms with Crippen LogP contribution in [0.2, 0.25) is 0 Å². The number of fused-ring (bicyclic) bond motifs is 1. The first kappa shape index (κ1) is 11.6. The normalized spacial score (nSPS) is 13.1. The topological polar surface area (TPSA) is 9.23 Å². The third kappa shape index (κ3) is 2.45. The predicted octanol–water partition coefficient (Wildman–Crippen LogP) is 4.59. The highest BCUT2D eigenvalue weighted by molar-refractivity contribution is 7.17. The number of hydrogen-bond acceptors (Lipinski definition) is 2. The highest BCUT2D eigenvalue weighted by Crippen LogP contribution is 2.33. The smallest absolute Gasteiger partial charge is 0.0700 e. The van der Waals surface area contributed by atoms with Gasteiger partial charge in [0.15, 0.2) is 0 Å². The van der Waals surface area contributed by atoms with Gasteiger partial charge in [-0.05, 0) is 41.2 Å². The van der Waals surface area contributed by atoms with Crippen molar-refractivity contribution in [3.8, 4) is 0 Å². The average molecular weight is 233 g/mol. The Kier molecular flexibility index (Phi) is 3.97. The van der Waals surface area contributed by atoms with Gasteiger partial charge in [-0.2, -0.15) is 0 Å². The van der Waals surface area contributed by atoms with Gasteiger partial charge in [0.25, 0.3) is 0 Å². The van der Waals surface area contributed by atoms with Crippen LogP contribution in [0, 0.1) is 7.11 Å². The molecule has 1 aromatic carbocycles. The monoisotopic (exact) mass is 233 g/mol. The molecular weight excluding hydrogens is 216 g/mol. The first-order valence-electron chi connectivity index (χ1n) is 5.66. The van der Waals surface area contributed by atoms with Crippen LogP contribution in [-0.4, -0.2) is 6.61 Å². The van der Waals surface area contributed by atoms with Crippen LogP contribution in [0.25, 0.3) is 10.1 Å². The van der Waals surface area contributed by atoms with E-state index in [2.05, 4.69) is 43.7 Å². The maximum Gasteiger partial charge on any atom is 0.0700 e. The van der Waals surface area contributed by atoms with Crippen molar-refractivity contribution in [2.45, 2.75) is 25.7 Å². The zero-order chi connectivity index (χ0) is 11.4. The molecule has 16 heavy (non-hydrogen) atoms. The molecule has 0 spiro atoms. The summed E-state index contributed by atoms with van der Waals surface area (Å²) in [6, 6.07) is 8.62. The molecule has 0 aliphatic heterocycles. The van der Waals surface area contributed by atoms with Crippen LogP contribution in [-0.2, 0) is 4.74 Å². The minimum absolute atomic E-state index is 0.603. The van der Waals surface area contributed by atoms with E-state index in [1.54, 1.807) is 0 Å². The number of benzene rings is 1. The summed E-state index contributed by atoms with van der Waals surface area (Å²) in [6.07, 6.45) is 2.24. The highest BCUT2D eigenvalue weighted by atomic mass is 32.1. The lowest BCUT2D eigenvalue weighted by atomic mass is 9.96. The van der Waals surface area contributed by atoms with Gasteiger partial charge in [-0.3, -0.25) is 0 Å². The van der Waals surface area contributed by atoms with Crippen LogP contribution >= 0.6 is 11.3 Å². The fourth-order valence-corrected chi connectivity index (χ4v) is 3.11. The molecule has 0 bridgehead atoms. The van der Waals surface area contributed by atoms with E-state index in [9.17, 15) is 0 Å². The van der Waals surface area contributed by atoms with Crippen LogP contribution in [0.3, 0.4) is 0 Å². The minimum atomic E-state index is 0.603. The Hall–Kier alpha value is -0.860. The van der Waals surface area contributed by atoms with Gasteiger partial charge in [0.05, 0.1) is 7.11 Å². The second-order valence-electron chi connectivity index (χ2n) is 4.14. The molecule has 1 atom stereocenters. The molecule has 2 heteroatoms. The molecule has 0 saturated heterocycles. The molecule has 85 valence electrons. The quantitative estimate of drug-likeness (QED) is 0.686. The molecular formula is C14H17OS. The summed E-state index contributed by atoms with van der Waals surface area (Å²) in [5.74, 6) is 0.603. The largest absolute Gasteiger partial charge is 0.379 e. The second-order valence-corrected chi connectivity index (χ2v) is 5.05. The van der Waals surface area contributed by atoms with Crippen LogP contribution in [0.15, 0.2) is 29.6 Å². The zero-order valence-corrected chi connectivity index (χ0v) is 10.4. The standard InChI is InChI=1S/C14H17OS/c1-11(6-5-9-15-2)13-10-16-14-8-4-3-7-12(13)14/h3-4,7-8,10-11H,2,5-6,9H2,1H3. The molecule has 1 aromatic heterocycles. The maximum atomic E-state index is 4.85. The fourth-order valence-electron chi connectivity index (χ4n) is 2.03. The fraction of sp³-hybridized carbons (Fsp3) is 0.357. The summed E-state index contributed by atoms with van der Waals surface area (Å²) in [4.78, 5) is 0. The van der Waals surface area contributed by atoms with Gasteiger partial charge >= 0.3 is 0 Å². The van der Waals surface area contributed by atoms with Gasteiger partial charge in [-0.15, -0.1) is 11.3 Å². The molecule has 0 saturated carbocycles. The van der Waals surface area contributed by atoms with E-state index in [1.165, 1.54) is 15.6 Å².